The fraction of sp³-hybridized carbons (Fsp3) is 0.368. The van der Waals surface area contributed by atoms with E-state index in [0.717, 1.165) is 18.4 Å². The van der Waals surface area contributed by atoms with Gasteiger partial charge in [0, 0.05) is 30.2 Å². The normalized spacial score (nSPS) is 15.6. The summed E-state index contributed by atoms with van der Waals surface area (Å²) in [4.78, 5) is 14.5. The van der Waals surface area contributed by atoms with Crippen molar-refractivity contribution in [2.75, 3.05) is 6.54 Å². The maximum absolute atomic E-state index is 13.3. The summed E-state index contributed by atoms with van der Waals surface area (Å²) in [6.07, 6.45) is 3.65. The van der Waals surface area contributed by atoms with Crippen molar-refractivity contribution >= 4 is 17.0 Å². The first kappa shape index (κ1) is 16.6. The second-order valence-corrected chi connectivity index (χ2v) is 6.77. The lowest BCUT2D eigenvalue weighted by Crippen LogP contribution is -2.40. The number of halogens is 1. The van der Waals surface area contributed by atoms with E-state index < -0.39 is 0 Å². The number of hydrogen-bond donors (Lipinski definition) is 1. The number of aromatic nitrogens is 2. The highest BCUT2D eigenvalue weighted by Crippen LogP contribution is 2.25. The molecule has 2 amide bonds. The summed E-state index contributed by atoms with van der Waals surface area (Å²) in [5, 5.41) is 7.96. The fourth-order valence-corrected chi connectivity index (χ4v) is 3.45. The number of carbonyl (C=O) groups is 1. The SMILES string of the molecule is CC(NC(=O)N1CCCc2c(cnn2C)C1)c1cc2cc(F)ccc2o1. The van der Waals surface area contributed by atoms with Gasteiger partial charge in [-0.15, -0.1) is 0 Å². The zero-order valence-corrected chi connectivity index (χ0v) is 14.8. The highest BCUT2D eigenvalue weighted by atomic mass is 19.1. The van der Waals surface area contributed by atoms with Gasteiger partial charge in [-0.1, -0.05) is 0 Å². The summed E-state index contributed by atoms with van der Waals surface area (Å²) in [5.74, 6) is 0.300. The molecule has 6 nitrogen and oxygen atoms in total. The minimum atomic E-state index is -0.311. The van der Waals surface area contributed by atoms with Crippen LogP contribution < -0.4 is 5.32 Å². The van der Waals surface area contributed by atoms with Gasteiger partial charge in [0.05, 0.1) is 18.8 Å². The molecule has 1 aliphatic heterocycles. The highest BCUT2D eigenvalue weighted by Gasteiger charge is 2.23. The molecule has 0 aliphatic carbocycles. The Labute approximate surface area is 150 Å². The Kier molecular flexibility index (Phi) is 4.14. The van der Waals surface area contributed by atoms with Gasteiger partial charge >= 0.3 is 6.03 Å². The van der Waals surface area contributed by atoms with Gasteiger partial charge in [0.2, 0.25) is 0 Å². The van der Waals surface area contributed by atoms with Gasteiger partial charge in [-0.25, -0.2) is 9.18 Å². The van der Waals surface area contributed by atoms with Gasteiger partial charge in [-0.2, -0.15) is 5.10 Å². The van der Waals surface area contributed by atoms with E-state index >= 15 is 0 Å². The van der Waals surface area contributed by atoms with E-state index in [-0.39, 0.29) is 17.9 Å². The number of carbonyl (C=O) groups excluding carboxylic acids is 1. The number of nitrogens with zero attached hydrogens (tertiary/aromatic N) is 3. The van der Waals surface area contributed by atoms with E-state index in [1.165, 1.54) is 17.8 Å². The number of nitrogens with one attached hydrogen (secondary N) is 1. The molecule has 0 bridgehead atoms. The average molecular weight is 356 g/mol. The van der Waals surface area contributed by atoms with Crippen LogP contribution in [-0.2, 0) is 20.0 Å². The van der Waals surface area contributed by atoms with Crippen molar-refractivity contribution in [2.24, 2.45) is 7.05 Å². The molecular weight excluding hydrogens is 335 g/mol. The molecule has 1 unspecified atom stereocenters. The van der Waals surface area contributed by atoms with Gasteiger partial charge in [-0.3, -0.25) is 4.68 Å². The molecule has 7 heteroatoms. The molecule has 3 aromatic rings. The number of hydrogen-bond acceptors (Lipinski definition) is 3. The summed E-state index contributed by atoms with van der Waals surface area (Å²) in [5.41, 5.74) is 2.89. The molecular formula is C19H21FN4O2. The zero-order chi connectivity index (χ0) is 18.3. The number of aryl methyl sites for hydroxylation is 1. The van der Waals surface area contributed by atoms with Crippen LogP contribution in [0.25, 0.3) is 11.0 Å². The van der Waals surface area contributed by atoms with Crippen molar-refractivity contribution in [1.29, 1.82) is 0 Å². The van der Waals surface area contributed by atoms with Crippen molar-refractivity contribution in [3.05, 3.63) is 53.3 Å². The van der Waals surface area contributed by atoms with E-state index in [4.69, 9.17) is 4.42 Å². The average Bonchev–Trinajstić information content (AvgIpc) is 3.10. The summed E-state index contributed by atoms with van der Waals surface area (Å²) in [6, 6.07) is 5.71. The molecule has 0 spiro atoms. The monoisotopic (exact) mass is 356 g/mol. The summed E-state index contributed by atoms with van der Waals surface area (Å²) in [7, 11) is 1.93. The molecule has 1 aliphatic rings. The molecule has 0 saturated heterocycles. The number of fused-ring (bicyclic) bond motifs is 2. The second kappa shape index (κ2) is 6.48. The van der Waals surface area contributed by atoms with Gasteiger partial charge in [-0.05, 0) is 44.0 Å². The molecule has 1 aromatic carbocycles. The second-order valence-electron chi connectivity index (χ2n) is 6.77. The molecule has 2 aromatic heterocycles. The Bertz CT molecular complexity index is 962. The quantitative estimate of drug-likeness (QED) is 0.764. The zero-order valence-electron chi connectivity index (χ0n) is 14.8. The van der Waals surface area contributed by atoms with Gasteiger partial charge in [0.15, 0.2) is 0 Å². The molecule has 1 atom stereocenters. The van der Waals surface area contributed by atoms with Crippen LogP contribution >= 0.6 is 0 Å². The van der Waals surface area contributed by atoms with Crippen molar-refractivity contribution in [3.63, 3.8) is 0 Å². The first-order chi connectivity index (χ1) is 12.5. The lowest BCUT2D eigenvalue weighted by molar-refractivity contribution is 0.191. The molecule has 1 N–H and O–H groups in total. The third-order valence-corrected chi connectivity index (χ3v) is 4.90. The van der Waals surface area contributed by atoms with Crippen LogP contribution in [0.3, 0.4) is 0 Å². The lowest BCUT2D eigenvalue weighted by Gasteiger charge is -2.23. The van der Waals surface area contributed by atoms with Crippen molar-refractivity contribution in [2.45, 2.75) is 32.4 Å². The predicted molar refractivity (Wildman–Crippen MR) is 95.1 cm³/mol. The van der Waals surface area contributed by atoms with Crippen molar-refractivity contribution < 1.29 is 13.6 Å². The van der Waals surface area contributed by atoms with Crippen LogP contribution in [0, 0.1) is 5.82 Å². The number of benzene rings is 1. The number of amides is 2. The first-order valence-corrected chi connectivity index (χ1v) is 8.75. The standard InChI is InChI=1S/C19H21FN4O2/c1-12(18-9-13-8-15(20)5-6-17(13)26-18)22-19(25)24-7-3-4-16-14(11-24)10-21-23(16)2/h5-6,8-10,12H,3-4,7,11H2,1-2H3,(H,22,25). The maximum atomic E-state index is 13.3. The summed E-state index contributed by atoms with van der Waals surface area (Å²) < 4.78 is 21.0. The predicted octanol–water partition coefficient (Wildman–Crippen LogP) is 3.52. The first-order valence-electron chi connectivity index (χ1n) is 8.75. The smallest absolute Gasteiger partial charge is 0.318 e. The fourth-order valence-electron chi connectivity index (χ4n) is 3.45. The van der Waals surface area contributed by atoms with Crippen LogP contribution in [0.2, 0.25) is 0 Å². The minimum Gasteiger partial charge on any atom is -0.459 e. The van der Waals surface area contributed by atoms with Gasteiger partial charge < -0.3 is 14.6 Å². The van der Waals surface area contributed by atoms with Crippen LogP contribution in [0.5, 0.6) is 0 Å². The van der Waals surface area contributed by atoms with Crippen LogP contribution in [0.4, 0.5) is 9.18 Å². The summed E-state index contributed by atoms with van der Waals surface area (Å²) >= 11 is 0. The van der Waals surface area contributed by atoms with Crippen LogP contribution in [0.15, 0.2) is 34.9 Å². The lowest BCUT2D eigenvalue weighted by atomic mass is 10.2. The largest absolute Gasteiger partial charge is 0.459 e. The molecule has 3 heterocycles. The molecule has 0 saturated carbocycles. The Balaban J connectivity index is 1.48. The topological polar surface area (TPSA) is 63.3 Å². The van der Waals surface area contributed by atoms with E-state index in [2.05, 4.69) is 10.4 Å². The number of urea groups is 1. The third-order valence-electron chi connectivity index (χ3n) is 4.90. The molecule has 136 valence electrons. The van der Waals surface area contributed by atoms with Gasteiger partial charge in [0.1, 0.15) is 17.2 Å². The van der Waals surface area contributed by atoms with E-state index in [9.17, 15) is 9.18 Å². The van der Waals surface area contributed by atoms with E-state index in [1.807, 2.05) is 24.9 Å². The Morgan fingerprint density at radius 1 is 1.38 bits per heavy atom. The minimum absolute atomic E-state index is 0.138. The summed E-state index contributed by atoms with van der Waals surface area (Å²) in [6.45, 7) is 3.10. The van der Waals surface area contributed by atoms with E-state index in [0.29, 0.717) is 29.8 Å². The number of rotatable bonds is 2. The van der Waals surface area contributed by atoms with Crippen LogP contribution in [0.1, 0.15) is 36.4 Å². The van der Waals surface area contributed by atoms with Crippen molar-refractivity contribution in [3.8, 4) is 0 Å². The Hall–Kier alpha value is -2.83. The molecule has 26 heavy (non-hydrogen) atoms. The highest BCUT2D eigenvalue weighted by molar-refractivity contribution is 5.79. The Morgan fingerprint density at radius 3 is 3.08 bits per heavy atom. The Morgan fingerprint density at radius 2 is 2.23 bits per heavy atom. The number of furan rings is 1. The van der Waals surface area contributed by atoms with E-state index in [1.54, 1.807) is 17.0 Å². The van der Waals surface area contributed by atoms with Crippen molar-refractivity contribution in [1.82, 2.24) is 20.0 Å². The molecule has 4 rings (SSSR count). The maximum Gasteiger partial charge on any atom is 0.318 e. The third kappa shape index (κ3) is 3.05. The molecule has 0 fully saturated rings. The van der Waals surface area contributed by atoms with Gasteiger partial charge in [0.25, 0.3) is 0 Å². The van der Waals surface area contributed by atoms with Crippen LogP contribution in [-0.4, -0.2) is 27.3 Å². The molecule has 0 radical (unpaired) electrons.